The third-order valence-corrected chi connectivity index (χ3v) is 3.27. The van der Waals surface area contributed by atoms with E-state index >= 15 is 0 Å². The second-order valence-electron chi connectivity index (χ2n) is 4.85. The van der Waals surface area contributed by atoms with Crippen LogP contribution >= 0.6 is 0 Å². The quantitative estimate of drug-likeness (QED) is 0.743. The topological polar surface area (TPSA) is 98.8 Å². The number of amides is 2. The fourth-order valence-electron chi connectivity index (χ4n) is 2.21. The Morgan fingerprint density at radius 3 is 2.75 bits per heavy atom. The monoisotopic (exact) mass is 327 g/mol. The van der Waals surface area contributed by atoms with Crippen LogP contribution in [0.15, 0.2) is 56.3 Å². The number of rotatable bonds is 3. The third kappa shape index (κ3) is 3.05. The van der Waals surface area contributed by atoms with Gasteiger partial charge in [0.05, 0.1) is 12.9 Å². The molecule has 2 amide bonds. The lowest BCUT2D eigenvalue weighted by molar-refractivity contribution is 0.0921. The molecule has 2 heterocycles. The van der Waals surface area contributed by atoms with Crippen molar-refractivity contribution < 1.29 is 23.2 Å². The average Bonchev–Trinajstić information content (AvgIpc) is 3.08. The average molecular weight is 327 g/mol. The van der Waals surface area contributed by atoms with E-state index in [1.807, 2.05) is 5.32 Å². The van der Waals surface area contributed by atoms with E-state index in [0.29, 0.717) is 16.7 Å². The number of alkyl carbamates (subject to hydrolysis) is 1. The van der Waals surface area contributed by atoms with E-state index in [1.165, 1.54) is 6.07 Å². The van der Waals surface area contributed by atoms with Crippen LogP contribution in [0.3, 0.4) is 0 Å². The molecule has 122 valence electrons. The molecule has 2 aromatic heterocycles. The van der Waals surface area contributed by atoms with Gasteiger partial charge in [0.25, 0.3) is 5.91 Å². The molecule has 3 rings (SSSR count). The number of furan rings is 1. The summed E-state index contributed by atoms with van der Waals surface area (Å²) in [6.07, 6.45) is 0.620. The number of hydrogen-bond acceptors (Lipinski definition) is 6. The predicted molar refractivity (Wildman–Crippen MR) is 84.7 cm³/mol. The summed E-state index contributed by atoms with van der Waals surface area (Å²) < 4.78 is 15.1. The van der Waals surface area contributed by atoms with Gasteiger partial charge in [0.1, 0.15) is 16.9 Å². The van der Waals surface area contributed by atoms with Crippen molar-refractivity contribution in [2.24, 2.45) is 0 Å². The van der Waals surface area contributed by atoms with E-state index in [0.717, 1.165) is 5.56 Å². The van der Waals surface area contributed by atoms with Crippen LogP contribution in [-0.2, 0) is 4.74 Å². The first-order valence-electron chi connectivity index (χ1n) is 7.18. The van der Waals surface area contributed by atoms with Crippen molar-refractivity contribution in [2.75, 3.05) is 6.61 Å². The first-order valence-corrected chi connectivity index (χ1v) is 7.18. The zero-order valence-corrected chi connectivity index (χ0v) is 12.7. The number of imide groups is 1. The van der Waals surface area contributed by atoms with Gasteiger partial charge in [0.15, 0.2) is 0 Å². The maximum atomic E-state index is 12.0. The maximum absolute atomic E-state index is 12.0. The molecular formula is C17H13NO6. The Hall–Kier alpha value is -3.35. The van der Waals surface area contributed by atoms with Crippen molar-refractivity contribution in [3.05, 3.63) is 58.6 Å². The lowest BCUT2D eigenvalue weighted by Crippen LogP contribution is -2.33. The number of benzene rings is 1. The van der Waals surface area contributed by atoms with Gasteiger partial charge in [-0.2, -0.15) is 0 Å². The van der Waals surface area contributed by atoms with Gasteiger partial charge >= 0.3 is 11.7 Å². The van der Waals surface area contributed by atoms with E-state index < -0.39 is 17.6 Å². The molecule has 0 bridgehead atoms. The molecule has 0 fully saturated rings. The molecule has 7 heteroatoms. The van der Waals surface area contributed by atoms with Crippen LogP contribution in [0.1, 0.15) is 17.3 Å². The van der Waals surface area contributed by atoms with Gasteiger partial charge < -0.3 is 13.6 Å². The fraction of sp³-hybridized carbons (Fsp3) is 0.118. The van der Waals surface area contributed by atoms with E-state index in [-0.39, 0.29) is 12.2 Å². The molecule has 1 aromatic carbocycles. The number of fused-ring (bicyclic) bond motifs is 1. The summed E-state index contributed by atoms with van der Waals surface area (Å²) in [4.78, 5) is 35.3. The van der Waals surface area contributed by atoms with E-state index in [4.69, 9.17) is 8.83 Å². The molecule has 0 aliphatic carbocycles. The summed E-state index contributed by atoms with van der Waals surface area (Å²) in [7, 11) is 0. The minimum atomic E-state index is -0.925. The molecule has 3 aromatic rings. The summed E-state index contributed by atoms with van der Waals surface area (Å²) in [5, 5.41) is 2.49. The summed E-state index contributed by atoms with van der Waals surface area (Å²) in [6.45, 7) is 1.71. The van der Waals surface area contributed by atoms with Crippen LogP contribution in [0.4, 0.5) is 4.79 Å². The molecule has 0 aliphatic rings. The number of carbonyl (C=O) groups is 2. The highest BCUT2D eigenvalue weighted by Crippen LogP contribution is 2.24. The normalized spacial score (nSPS) is 10.5. The van der Waals surface area contributed by atoms with Crippen LogP contribution in [0.5, 0.6) is 0 Å². The van der Waals surface area contributed by atoms with Crippen molar-refractivity contribution in [3.8, 4) is 11.3 Å². The second-order valence-corrected chi connectivity index (χ2v) is 4.85. The van der Waals surface area contributed by atoms with Gasteiger partial charge in [-0.3, -0.25) is 10.1 Å². The second kappa shape index (κ2) is 6.41. The number of hydrogen-bond donors (Lipinski definition) is 1. The molecule has 0 unspecified atom stereocenters. The molecule has 0 spiro atoms. The molecule has 7 nitrogen and oxygen atoms in total. The van der Waals surface area contributed by atoms with E-state index in [1.54, 1.807) is 43.5 Å². The van der Waals surface area contributed by atoms with Crippen molar-refractivity contribution in [3.63, 3.8) is 0 Å². The van der Waals surface area contributed by atoms with Crippen molar-refractivity contribution >= 4 is 23.0 Å². The first kappa shape index (κ1) is 15.5. The molecule has 24 heavy (non-hydrogen) atoms. The van der Waals surface area contributed by atoms with Crippen LogP contribution in [0.2, 0.25) is 0 Å². The van der Waals surface area contributed by atoms with Crippen LogP contribution in [-0.4, -0.2) is 18.6 Å². The SMILES string of the molecule is CCOC(=O)NC(=O)c1cc2cc(-c3ccco3)ccc2oc1=O. The summed E-state index contributed by atoms with van der Waals surface area (Å²) in [5.41, 5.74) is -0.0386. The Morgan fingerprint density at radius 1 is 1.21 bits per heavy atom. The highest BCUT2D eigenvalue weighted by molar-refractivity contribution is 6.04. The Morgan fingerprint density at radius 2 is 2.04 bits per heavy atom. The van der Waals surface area contributed by atoms with Gasteiger partial charge in [0.2, 0.25) is 0 Å². The van der Waals surface area contributed by atoms with Gasteiger partial charge in [-0.15, -0.1) is 0 Å². The Labute approximate surface area is 135 Å². The minimum Gasteiger partial charge on any atom is -0.464 e. The lowest BCUT2D eigenvalue weighted by Gasteiger charge is -2.05. The van der Waals surface area contributed by atoms with Crippen molar-refractivity contribution in [1.82, 2.24) is 5.32 Å². The standard InChI is InChI=1S/C17H13NO6/c1-2-22-17(21)18-15(19)12-9-11-8-10(13-4-3-7-23-13)5-6-14(11)24-16(12)20/h3-9H,2H2,1H3,(H,18,19,21). The molecule has 0 radical (unpaired) electrons. The van der Waals surface area contributed by atoms with E-state index in [2.05, 4.69) is 4.74 Å². The Bertz CT molecular complexity index is 955. The van der Waals surface area contributed by atoms with Crippen molar-refractivity contribution in [2.45, 2.75) is 6.92 Å². The molecule has 0 atom stereocenters. The zero-order valence-electron chi connectivity index (χ0n) is 12.7. The van der Waals surface area contributed by atoms with Crippen LogP contribution < -0.4 is 10.9 Å². The molecular weight excluding hydrogens is 314 g/mol. The highest BCUT2D eigenvalue weighted by Gasteiger charge is 2.17. The molecule has 0 aliphatic heterocycles. The van der Waals surface area contributed by atoms with Crippen LogP contribution in [0, 0.1) is 0 Å². The number of carbonyl (C=O) groups excluding carboxylic acids is 2. The van der Waals surface area contributed by atoms with Crippen molar-refractivity contribution in [1.29, 1.82) is 0 Å². The van der Waals surface area contributed by atoms with Gasteiger partial charge in [0, 0.05) is 10.9 Å². The van der Waals surface area contributed by atoms with Gasteiger partial charge in [-0.1, -0.05) is 0 Å². The highest BCUT2D eigenvalue weighted by atomic mass is 16.5. The molecule has 1 N–H and O–H groups in total. The predicted octanol–water partition coefficient (Wildman–Crippen LogP) is 2.94. The first-order chi connectivity index (χ1) is 11.6. The Balaban J connectivity index is 1.99. The minimum absolute atomic E-state index is 0.109. The number of nitrogens with one attached hydrogen (secondary N) is 1. The largest absolute Gasteiger partial charge is 0.464 e. The van der Waals surface area contributed by atoms with Crippen LogP contribution in [0.25, 0.3) is 22.3 Å². The summed E-state index contributed by atoms with van der Waals surface area (Å²) in [5.74, 6) is -0.242. The van der Waals surface area contributed by atoms with E-state index in [9.17, 15) is 14.4 Å². The fourth-order valence-corrected chi connectivity index (χ4v) is 2.21. The van der Waals surface area contributed by atoms with Gasteiger partial charge in [-0.05, 0) is 43.3 Å². The number of ether oxygens (including phenoxy) is 1. The Kier molecular flexibility index (Phi) is 4.15. The maximum Gasteiger partial charge on any atom is 0.414 e. The smallest absolute Gasteiger partial charge is 0.414 e. The summed E-state index contributed by atoms with van der Waals surface area (Å²) in [6, 6.07) is 9.97. The summed E-state index contributed by atoms with van der Waals surface area (Å²) >= 11 is 0. The van der Waals surface area contributed by atoms with Gasteiger partial charge in [-0.25, -0.2) is 9.59 Å². The lowest BCUT2D eigenvalue weighted by atomic mass is 10.1. The molecule has 0 saturated heterocycles. The zero-order chi connectivity index (χ0) is 17.1. The molecule has 0 saturated carbocycles. The third-order valence-electron chi connectivity index (χ3n) is 3.27.